The van der Waals surface area contributed by atoms with E-state index in [-0.39, 0.29) is 18.2 Å². The van der Waals surface area contributed by atoms with E-state index in [4.69, 9.17) is 0 Å². The van der Waals surface area contributed by atoms with E-state index in [0.29, 0.717) is 11.3 Å². The molecule has 2 rings (SSSR count). The fourth-order valence-corrected chi connectivity index (χ4v) is 2.92. The lowest BCUT2D eigenvalue weighted by molar-refractivity contribution is -0.274. The second-order valence-electron chi connectivity index (χ2n) is 5.91. The molecule has 0 aromatic heterocycles. The SMILES string of the molecule is CSCc1cccc(C(=O)N(C)CC(=O)Nc2ccc(OC(F)(F)F)cc2)c1. The monoisotopic (exact) mass is 412 g/mol. The maximum atomic E-state index is 12.5. The third kappa shape index (κ3) is 6.80. The normalized spacial score (nSPS) is 11.0. The molecule has 9 heteroatoms. The molecule has 5 nitrogen and oxygen atoms in total. The maximum absolute atomic E-state index is 12.5. The number of carbonyl (C=O) groups is 2. The number of anilines is 1. The molecule has 0 heterocycles. The van der Waals surface area contributed by atoms with Crippen LogP contribution in [0.1, 0.15) is 15.9 Å². The summed E-state index contributed by atoms with van der Waals surface area (Å²) in [5, 5.41) is 2.53. The molecule has 0 bridgehead atoms. The average Bonchev–Trinajstić information content (AvgIpc) is 2.62. The Labute approximate surface area is 164 Å². The zero-order chi connectivity index (χ0) is 20.7. The first-order valence-corrected chi connectivity index (χ1v) is 9.56. The molecular weight excluding hydrogens is 393 g/mol. The number of nitrogens with zero attached hydrogens (tertiary/aromatic N) is 1. The third-order valence-corrected chi connectivity index (χ3v) is 4.21. The Kier molecular flexibility index (Phi) is 7.33. The lowest BCUT2D eigenvalue weighted by Gasteiger charge is -2.17. The number of carbonyl (C=O) groups excluding carboxylic acids is 2. The van der Waals surface area contributed by atoms with Gasteiger partial charge in [0.2, 0.25) is 5.91 Å². The fourth-order valence-electron chi connectivity index (χ4n) is 2.41. The number of ether oxygens (including phenoxy) is 1. The quantitative estimate of drug-likeness (QED) is 0.742. The van der Waals surface area contributed by atoms with Gasteiger partial charge in [0.15, 0.2) is 0 Å². The number of hydrogen-bond donors (Lipinski definition) is 1. The summed E-state index contributed by atoms with van der Waals surface area (Å²) >= 11 is 1.64. The van der Waals surface area contributed by atoms with Crippen molar-refractivity contribution >= 4 is 29.3 Å². The van der Waals surface area contributed by atoms with Crippen LogP contribution in [-0.4, -0.2) is 42.9 Å². The highest BCUT2D eigenvalue weighted by Crippen LogP contribution is 2.24. The van der Waals surface area contributed by atoms with E-state index in [1.54, 1.807) is 30.0 Å². The average molecular weight is 412 g/mol. The van der Waals surface area contributed by atoms with Gasteiger partial charge in [-0.1, -0.05) is 12.1 Å². The van der Waals surface area contributed by atoms with Crippen LogP contribution in [0.2, 0.25) is 0 Å². The van der Waals surface area contributed by atoms with Crippen molar-refractivity contribution in [1.29, 1.82) is 0 Å². The number of halogens is 3. The van der Waals surface area contributed by atoms with Crippen LogP contribution >= 0.6 is 11.8 Å². The molecule has 0 spiro atoms. The van der Waals surface area contributed by atoms with Gasteiger partial charge in [-0.25, -0.2) is 0 Å². The Balaban J connectivity index is 1.93. The van der Waals surface area contributed by atoms with Crippen LogP contribution in [0.3, 0.4) is 0 Å². The molecule has 28 heavy (non-hydrogen) atoms. The van der Waals surface area contributed by atoms with Crippen LogP contribution in [0, 0.1) is 0 Å². The Hall–Kier alpha value is -2.68. The first-order chi connectivity index (χ1) is 13.2. The van der Waals surface area contributed by atoms with Crippen LogP contribution in [0.25, 0.3) is 0 Å². The van der Waals surface area contributed by atoms with Crippen molar-refractivity contribution in [1.82, 2.24) is 4.90 Å². The summed E-state index contributed by atoms with van der Waals surface area (Å²) in [4.78, 5) is 25.9. The van der Waals surface area contributed by atoms with Gasteiger partial charge in [0.25, 0.3) is 5.91 Å². The third-order valence-electron chi connectivity index (χ3n) is 3.58. The highest BCUT2D eigenvalue weighted by molar-refractivity contribution is 7.97. The molecule has 0 fully saturated rings. The van der Waals surface area contributed by atoms with E-state index in [9.17, 15) is 22.8 Å². The van der Waals surface area contributed by atoms with Gasteiger partial charge in [-0.05, 0) is 48.2 Å². The summed E-state index contributed by atoms with van der Waals surface area (Å²) in [6.07, 6.45) is -2.81. The number of hydrogen-bond acceptors (Lipinski definition) is 4. The van der Waals surface area contributed by atoms with Crippen LogP contribution in [0.5, 0.6) is 5.75 Å². The van der Waals surface area contributed by atoms with Crippen molar-refractivity contribution < 1.29 is 27.5 Å². The molecule has 0 aliphatic carbocycles. The smallest absolute Gasteiger partial charge is 0.406 e. The van der Waals surface area contributed by atoms with Crippen molar-refractivity contribution in [2.24, 2.45) is 0 Å². The summed E-state index contributed by atoms with van der Waals surface area (Å²) in [5.74, 6) is -0.380. The summed E-state index contributed by atoms with van der Waals surface area (Å²) in [7, 11) is 1.50. The van der Waals surface area contributed by atoms with Crippen LogP contribution in [-0.2, 0) is 10.5 Å². The first kappa shape index (κ1) is 21.6. The predicted molar refractivity (Wildman–Crippen MR) is 102 cm³/mol. The van der Waals surface area contributed by atoms with E-state index in [1.807, 2.05) is 12.3 Å². The topological polar surface area (TPSA) is 58.6 Å². The molecule has 0 radical (unpaired) electrons. The Morgan fingerprint density at radius 1 is 1.14 bits per heavy atom. The van der Waals surface area contributed by atoms with E-state index in [1.165, 1.54) is 24.1 Å². The Morgan fingerprint density at radius 2 is 1.82 bits per heavy atom. The number of nitrogens with one attached hydrogen (secondary N) is 1. The summed E-state index contributed by atoms with van der Waals surface area (Å²) in [6, 6.07) is 11.9. The van der Waals surface area contributed by atoms with E-state index in [2.05, 4.69) is 10.1 Å². The molecule has 150 valence electrons. The van der Waals surface area contributed by atoms with Crippen LogP contribution < -0.4 is 10.1 Å². The minimum Gasteiger partial charge on any atom is -0.406 e. The molecule has 0 atom stereocenters. The first-order valence-electron chi connectivity index (χ1n) is 8.17. The highest BCUT2D eigenvalue weighted by atomic mass is 32.2. The Bertz CT molecular complexity index is 826. The van der Waals surface area contributed by atoms with Gasteiger partial charge in [0.1, 0.15) is 5.75 Å². The van der Waals surface area contributed by atoms with E-state index in [0.717, 1.165) is 23.4 Å². The van der Waals surface area contributed by atoms with Crippen molar-refractivity contribution in [3.05, 3.63) is 59.7 Å². The van der Waals surface area contributed by atoms with Gasteiger partial charge in [0.05, 0.1) is 6.54 Å². The minimum atomic E-state index is -4.78. The van der Waals surface area contributed by atoms with Gasteiger partial charge in [-0.15, -0.1) is 13.2 Å². The minimum absolute atomic E-state index is 0.202. The molecule has 0 aliphatic rings. The number of thioether (sulfide) groups is 1. The number of likely N-dealkylation sites (N-methyl/N-ethyl adjacent to an activating group) is 1. The van der Waals surface area contributed by atoms with Gasteiger partial charge in [-0.3, -0.25) is 9.59 Å². The van der Waals surface area contributed by atoms with Crippen molar-refractivity contribution in [2.75, 3.05) is 25.2 Å². The van der Waals surface area contributed by atoms with Crippen LogP contribution in [0.4, 0.5) is 18.9 Å². The molecule has 2 aromatic rings. The van der Waals surface area contributed by atoms with Crippen molar-refractivity contribution in [3.63, 3.8) is 0 Å². The van der Waals surface area contributed by atoms with E-state index >= 15 is 0 Å². The second kappa shape index (κ2) is 9.50. The molecule has 2 amide bonds. The number of rotatable bonds is 7. The largest absolute Gasteiger partial charge is 0.573 e. The highest BCUT2D eigenvalue weighted by Gasteiger charge is 2.31. The number of alkyl halides is 3. The second-order valence-corrected chi connectivity index (χ2v) is 6.78. The zero-order valence-electron chi connectivity index (χ0n) is 15.2. The molecule has 0 saturated heterocycles. The predicted octanol–water partition coefficient (Wildman–Crippen LogP) is 4.16. The lowest BCUT2D eigenvalue weighted by atomic mass is 10.1. The molecule has 0 saturated carbocycles. The van der Waals surface area contributed by atoms with Crippen molar-refractivity contribution in [3.8, 4) is 5.75 Å². The molecular formula is C19H19F3N2O3S. The van der Waals surface area contributed by atoms with Gasteiger partial charge in [0, 0.05) is 24.1 Å². The van der Waals surface area contributed by atoms with Crippen LogP contribution in [0.15, 0.2) is 48.5 Å². The molecule has 0 aliphatic heterocycles. The molecule has 0 unspecified atom stereocenters. The van der Waals surface area contributed by atoms with Gasteiger partial charge >= 0.3 is 6.36 Å². The van der Waals surface area contributed by atoms with E-state index < -0.39 is 12.3 Å². The fraction of sp³-hybridized carbons (Fsp3) is 0.263. The standard InChI is InChI=1S/C19H19F3N2O3S/c1-24(18(26)14-5-3-4-13(10-14)12-28-2)11-17(25)23-15-6-8-16(9-7-15)27-19(20,21)22/h3-10H,11-12H2,1-2H3,(H,23,25). The maximum Gasteiger partial charge on any atom is 0.573 e. The number of benzene rings is 2. The number of amides is 2. The summed E-state index contributed by atoms with van der Waals surface area (Å²) < 4.78 is 40.2. The zero-order valence-corrected chi connectivity index (χ0v) is 16.1. The Morgan fingerprint density at radius 3 is 2.43 bits per heavy atom. The van der Waals surface area contributed by atoms with Gasteiger partial charge < -0.3 is 15.0 Å². The summed E-state index contributed by atoms with van der Waals surface area (Å²) in [6.45, 7) is -0.202. The lowest BCUT2D eigenvalue weighted by Crippen LogP contribution is -2.35. The molecule has 1 N–H and O–H groups in total. The van der Waals surface area contributed by atoms with Crippen molar-refractivity contribution in [2.45, 2.75) is 12.1 Å². The van der Waals surface area contributed by atoms with Gasteiger partial charge in [-0.2, -0.15) is 11.8 Å². The summed E-state index contributed by atoms with van der Waals surface area (Å²) in [5.41, 5.74) is 1.79. The molecule has 2 aromatic carbocycles.